The summed E-state index contributed by atoms with van der Waals surface area (Å²) in [5.74, 6) is 0.566. The zero-order chi connectivity index (χ0) is 15.8. The Balaban J connectivity index is 2.48. The Hall–Kier alpha value is -1.21. The zero-order valence-corrected chi connectivity index (χ0v) is 13.6. The fourth-order valence-electron chi connectivity index (χ4n) is 2.06. The summed E-state index contributed by atoms with van der Waals surface area (Å²) in [7, 11) is -3.92. The van der Waals surface area contributed by atoms with Gasteiger partial charge in [-0.3, -0.25) is 4.72 Å². The normalized spacial score (nSPS) is 11.7. The van der Waals surface area contributed by atoms with Gasteiger partial charge in [0.15, 0.2) is 0 Å². The molecule has 2 N–H and O–H groups in total. The standard InChI is InChI=1S/C13H13Cl2NO4S/c1-7-12(6-17)13(8(2)20-7)21(18,19)16-11-4-9(14)3-10(15)5-11/h3-5,16-17H,6H2,1-2H3. The molecule has 0 aliphatic carbocycles. The quantitative estimate of drug-likeness (QED) is 0.885. The van der Waals surface area contributed by atoms with E-state index in [0.29, 0.717) is 15.8 Å². The number of halogens is 2. The number of benzene rings is 1. The van der Waals surface area contributed by atoms with Crippen molar-refractivity contribution >= 4 is 38.9 Å². The van der Waals surface area contributed by atoms with Crippen molar-refractivity contribution in [2.45, 2.75) is 25.3 Å². The van der Waals surface area contributed by atoms with Crippen LogP contribution in [0.15, 0.2) is 27.5 Å². The summed E-state index contributed by atoms with van der Waals surface area (Å²) in [4.78, 5) is -0.0707. The highest BCUT2D eigenvalue weighted by atomic mass is 35.5. The molecule has 2 rings (SSSR count). The van der Waals surface area contributed by atoms with E-state index in [1.54, 1.807) is 6.92 Å². The van der Waals surface area contributed by atoms with Crippen molar-refractivity contribution in [2.24, 2.45) is 0 Å². The molecule has 0 bridgehead atoms. The molecule has 0 saturated heterocycles. The van der Waals surface area contributed by atoms with Crippen LogP contribution in [0.4, 0.5) is 5.69 Å². The monoisotopic (exact) mass is 349 g/mol. The summed E-state index contributed by atoms with van der Waals surface area (Å²) in [6.07, 6.45) is 0. The highest BCUT2D eigenvalue weighted by molar-refractivity contribution is 7.92. The maximum atomic E-state index is 12.5. The van der Waals surface area contributed by atoms with E-state index in [1.165, 1.54) is 25.1 Å². The first-order valence-corrected chi connectivity index (χ1v) is 8.17. The van der Waals surface area contributed by atoms with Crippen molar-refractivity contribution in [3.05, 3.63) is 45.3 Å². The van der Waals surface area contributed by atoms with Gasteiger partial charge in [0.25, 0.3) is 10.0 Å². The maximum absolute atomic E-state index is 12.5. The van der Waals surface area contributed by atoms with E-state index < -0.39 is 16.6 Å². The molecule has 0 aliphatic heterocycles. The Morgan fingerprint density at radius 3 is 2.24 bits per heavy atom. The van der Waals surface area contributed by atoms with E-state index in [0.717, 1.165) is 0 Å². The van der Waals surface area contributed by atoms with E-state index in [4.69, 9.17) is 27.6 Å². The summed E-state index contributed by atoms with van der Waals surface area (Å²) in [5.41, 5.74) is 0.461. The molecule has 1 aromatic heterocycles. The van der Waals surface area contributed by atoms with Crippen molar-refractivity contribution in [2.75, 3.05) is 4.72 Å². The largest absolute Gasteiger partial charge is 0.465 e. The highest BCUT2D eigenvalue weighted by Crippen LogP contribution is 2.30. The number of hydrogen-bond acceptors (Lipinski definition) is 4. The predicted octanol–water partition coefficient (Wildman–Crippen LogP) is 3.50. The number of furan rings is 1. The summed E-state index contributed by atoms with van der Waals surface area (Å²) in [6.45, 7) is 2.68. The molecule has 0 spiro atoms. The third-order valence-electron chi connectivity index (χ3n) is 2.87. The van der Waals surface area contributed by atoms with Crippen LogP contribution in [0, 0.1) is 13.8 Å². The average molecular weight is 350 g/mol. The van der Waals surface area contributed by atoms with Crippen molar-refractivity contribution in [1.29, 1.82) is 0 Å². The molecule has 0 saturated carbocycles. The minimum Gasteiger partial charge on any atom is -0.465 e. The van der Waals surface area contributed by atoms with Crippen LogP contribution in [0.1, 0.15) is 17.1 Å². The van der Waals surface area contributed by atoms with E-state index in [1.807, 2.05) is 0 Å². The molecular formula is C13H13Cl2NO4S. The van der Waals surface area contributed by atoms with Gasteiger partial charge in [-0.2, -0.15) is 0 Å². The van der Waals surface area contributed by atoms with Gasteiger partial charge in [0.1, 0.15) is 16.4 Å². The second-order valence-electron chi connectivity index (χ2n) is 4.44. The molecule has 114 valence electrons. The summed E-state index contributed by atoms with van der Waals surface area (Å²) >= 11 is 11.7. The molecule has 0 amide bonds. The molecule has 0 fully saturated rings. The topological polar surface area (TPSA) is 79.5 Å². The predicted molar refractivity (Wildman–Crippen MR) is 81.4 cm³/mol. The van der Waals surface area contributed by atoms with E-state index >= 15 is 0 Å². The van der Waals surface area contributed by atoms with E-state index in [9.17, 15) is 13.5 Å². The number of nitrogens with one attached hydrogen (secondary N) is 1. The number of aryl methyl sites for hydroxylation is 2. The van der Waals surface area contributed by atoms with Gasteiger partial charge in [-0.1, -0.05) is 23.2 Å². The first kappa shape index (κ1) is 16.2. The number of sulfonamides is 1. The van der Waals surface area contributed by atoms with Gasteiger partial charge in [0.2, 0.25) is 0 Å². The number of aliphatic hydroxyl groups is 1. The van der Waals surface area contributed by atoms with Gasteiger partial charge >= 0.3 is 0 Å². The first-order valence-electron chi connectivity index (χ1n) is 5.93. The molecule has 0 aliphatic rings. The van der Waals surface area contributed by atoms with Gasteiger partial charge in [-0.05, 0) is 32.0 Å². The third-order valence-corrected chi connectivity index (χ3v) is 4.88. The van der Waals surface area contributed by atoms with Crippen LogP contribution in [-0.4, -0.2) is 13.5 Å². The van der Waals surface area contributed by atoms with Crippen LogP contribution in [0.25, 0.3) is 0 Å². The molecule has 0 unspecified atom stereocenters. The molecule has 2 aromatic rings. The van der Waals surface area contributed by atoms with Gasteiger partial charge in [-0.25, -0.2) is 8.42 Å². The van der Waals surface area contributed by atoms with Gasteiger partial charge in [0.05, 0.1) is 12.3 Å². The van der Waals surface area contributed by atoms with Crippen LogP contribution in [0.5, 0.6) is 0 Å². The Labute approximate surface area is 132 Å². The fourth-order valence-corrected chi connectivity index (χ4v) is 4.07. The lowest BCUT2D eigenvalue weighted by atomic mass is 10.2. The van der Waals surface area contributed by atoms with Crippen molar-refractivity contribution in [1.82, 2.24) is 0 Å². The minimum atomic E-state index is -3.92. The SMILES string of the molecule is Cc1oc(C)c(S(=O)(=O)Nc2cc(Cl)cc(Cl)c2)c1CO. The molecule has 0 radical (unpaired) electrons. The third kappa shape index (κ3) is 3.35. The van der Waals surface area contributed by atoms with Gasteiger partial charge < -0.3 is 9.52 Å². The number of hydrogen-bond donors (Lipinski definition) is 2. The van der Waals surface area contributed by atoms with Crippen molar-refractivity contribution in [3.8, 4) is 0 Å². The minimum absolute atomic E-state index is 0.0707. The summed E-state index contributed by atoms with van der Waals surface area (Å²) in [5, 5.41) is 9.95. The van der Waals surface area contributed by atoms with Gasteiger partial charge in [0, 0.05) is 15.6 Å². The van der Waals surface area contributed by atoms with Gasteiger partial charge in [-0.15, -0.1) is 0 Å². The lowest BCUT2D eigenvalue weighted by Crippen LogP contribution is -2.15. The Morgan fingerprint density at radius 1 is 1.14 bits per heavy atom. The summed E-state index contributed by atoms with van der Waals surface area (Å²) in [6, 6.07) is 4.37. The number of aliphatic hydroxyl groups excluding tert-OH is 1. The smallest absolute Gasteiger partial charge is 0.265 e. The first-order chi connectivity index (χ1) is 9.74. The van der Waals surface area contributed by atoms with Crippen molar-refractivity contribution < 1.29 is 17.9 Å². The van der Waals surface area contributed by atoms with E-state index in [2.05, 4.69) is 4.72 Å². The molecule has 21 heavy (non-hydrogen) atoms. The molecule has 1 aromatic carbocycles. The van der Waals surface area contributed by atoms with Crippen LogP contribution < -0.4 is 4.72 Å². The van der Waals surface area contributed by atoms with E-state index in [-0.39, 0.29) is 21.9 Å². The lowest BCUT2D eigenvalue weighted by molar-refractivity contribution is 0.276. The maximum Gasteiger partial charge on any atom is 0.265 e. The Bertz CT molecular complexity index is 763. The van der Waals surface area contributed by atoms with Crippen LogP contribution in [-0.2, 0) is 16.6 Å². The highest BCUT2D eigenvalue weighted by Gasteiger charge is 2.26. The Morgan fingerprint density at radius 2 is 1.71 bits per heavy atom. The molecule has 8 heteroatoms. The zero-order valence-electron chi connectivity index (χ0n) is 11.3. The van der Waals surface area contributed by atoms with Crippen LogP contribution in [0.2, 0.25) is 10.0 Å². The lowest BCUT2D eigenvalue weighted by Gasteiger charge is -2.09. The van der Waals surface area contributed by atoms with Crippen molar-refractivity contribution in [3.63, 3.8) is 0 Å². The number of rotatable bonds is 4. The summed E-state index contributed by atoms with van der Waals surface area (Å²) < 4.78 is 32.6. The van der Waals surface area contributed by atoms with Crippen LogP contribution in [0.3, 0.4) is 0 Å². The molecule has 0 atom stereocenters. The number of anilines is 1. The van der Waals surface area contributed by atoms with Crippen LogP contribution >= 0.6 is 23.2 Å². The average Bonchev–Trinajstić information content (AvgIpc) is 2.61. The molecular weight excluding hydrogens is 337 g/mol. The Kier molecular flexibility index (Phi) is 4.53. The second kappa shape index (κ2) is 5.88. The molecule has 1 heterocycles. The second-order valence-corrected chi connectivity index (χ2v) is 6.94. The molecule has 5 nitrogen and oxygen atoms in total. The fraction of sp³-hybridized carbons (Fsp3) is 0.231.